The molecule has 43 heavy (non-hydrogen) atoms. The van der Waals surface area contributed by atoms with Gasteiger partial charge in [0, 0.05) is 0 Å². The van der Waals surface area contributed by atoms with Crippen LogP contribution >= 0.6 is 0 Å². The monoisotopic (exact) mass is 574 g/mol. The number of unbranched alkanes of at least 4 members (excludes halogenated alkanes) is 10. The van der Waals surface area contributed by atoms with Gasteiger partial charge in [0.25, 0.3) is 0 Å². The summed E-state index contributed by atoms with van der Waals surface area (Å²) in [6.07, 6.45) is 15.3. The van der Waals surface area contributed by atoms with Gasteiger partial charge in [0.1, 0.15) is 11.5 Å². The SMILES string of the molecule is CCCCCCCCOc1ccc(C2(c3ccc(OCCCCCCCC)cc3)c3ccccc3-c3ccccc32)cc1. The van der Waals surface area contributed by atoms with Crippen LogP contribution in [0.2, 0.25) is 0 Å². The molecule has 4 aromatic rings. The van der Waals surface area contributed by atoms with Crippen LogP contribution in [0.15, 0.2) is 97.1 Å². The van der Waals surface area contributed by atoms with Crippen LogP contribution in [0.1, 0.15) is 113 Å². The Morgan fingerprint density at radius 1 is 0.419 bits per heavy atom. The Kier molecular flexibility index (Phi) is 11.4. The van der Waals surface area contributed by atoms with Crippen LogP contribution in [0.4, 0.5) is 0 Å². The average molecular weight is 575 g/mol. The summed E-state index contributed by atoms with van der Waals surface area (Å²) in [5, 5.41) is 0. The molecule has 0 N–H and O–H groups in total. The summed E-state index contributed by atoms with van der Waals surface area (Å²) in [6, 6.07) is 35.6. The van der Waals surface area contributed by atoms with E-state index < -0.39 is 5.41 Å². The Labute approximate surface area is 260 Å². The fourth-order valence-corrected chi connectivity index (χ4v) is 6.77. The molecule has 0 radical (unpaired) electrons. The van der Waals surface area contributed by atoms with E-state index in [4.69, 9.17) is 9.47 Å². The molecular formula is C41H50O2. The second-order valence-corrected chi connectivity index (χ2v) is 12.1. The first-order valence-electron chi connectivity index (χ1n) is 16.9. The summed E-state index contributed by atoms with van der Waals surface area (Å²) < 4.78 is 12.4. The molecule has 1 aliphatic rings. The summed E-state index contributed by atoms with van der Waals surface area (Å²) in [5.41, 5.74) is 7.41. The van der Waals surface area contributed by atoms with Crippen LogP contribution < -0.4 is 9.47 Å². The van der Waals surface area contributed by atoms with Crippen LogP contribution in [-0.4, -0.2) is 13.2 Å². The molecule has 226 valence electrons. The van der Waals surface area contributed by atoms with Gasteiger partial charge in [0.05, 0.1) is 18.6 Å². The van der Waals surface area contributed by atoms with Crippen molar-refractivity contribution in [3.63, 3.8) is 0 Å². The molecule has 0 saturated heterocycles. The summed E-state index contributed by atoms with van der Waals surface area (Å²) >= 11 is 0. The van der Waals surface area contributed by atoms with Crippen molar-refractivity contribution in [2.45, 2.75) is 96.3 Å². The Morgan fingerprint density at radius 3 is 1.21 bits per heavy atom. The Balaban J connectivity index is 1.38. The van der Waals surface area contributed by atoms with E-state index in [0.717, 1.165) is 37.6 Å². The lowest BCUT2D eigenvalue weighted by Gasteiger charge is -2.34. The molecular weight excluding hydrogens is 524 g/mol. The van der Waals surface area contributed by atoms with Gasteiger partial charge in [-0.15, -0.1) is 0 Å². The maximum absolute atomic E-state index is 6.18. The minimum atomic E-state index is -0.400. The maximum Gasteiger partial charge on any atom is 0.119 e. The van der Waals surface area contributed by atoms with Crippen molar-refractivity contribution in [2.75, 3.05) is 13.2 Å². The number of benzene rings is 4. The van der Waals surface area contributed by atoms with Gasteiger partial charge in [-0.3, -0.25) is 0 Å². The van der Waals surface area contributed by atoms with Gasteiger partial charge in [-0.05, 0) is 70.5 Å². The molecule has 4 aromatic carbocycles. The molecule has 0 amide bonds. The van der Waals surface area contributed by atoms with Crippen LogP contribution in [-0.2, 0) is 5.41 Å². The maximum atomic E-state index is 6.18. The van der Waals surface area contributed by atoms with Crippen LogP contribution in [0.5, 0.6) is 11.5 Å². The van der Waals surface area contributed by atoms with Crippen molar-refractivity contribution in [3.05, 3.63) is 119 Å². The van der Waals surface area contributed by atoms with Gasteiger partial charge in [0.2, 0.25) is 0 Å². The van der Waals surface area contributed by atoms with E-state index in [1.807, 2.05) is 0 Å². The quantitative estimate of drug-likeness (QED) is 0.0969. The van der Waals surface area contributed by atoms with Crippen LogP contribution in [0.25, 0.3) is 11.1 Å². The molecule has 0 aliphatic heterocycles. The number of hydrogen-bond donors (Lipinski definition) is 0. The largest absolute Gasteiger partial charge is 0.494 e. The standard InChI is InChI=1S/C41H50O2/c1-3-5-7-9-11-17-31-42-35-27-23-33(24-28-35)41(39-21-15-13-19-37(39)38-20-14-16-22-40(38)41)34-25-29-36(30-26-34)43-32-18-12-10-8-6-4-2/h13-16,19-30H,3-12,17-18,31-32H2,1-2H3. The van der Waals surface area contributed by atoms with E-state index in [1.54, 1.807) is 0 Å². The Hall–Kier alpha value is -3.52. The van der Waals surface area contributed by atoms with Crippen molar-refractivity contribution in [1.82, 2.24) is 0 Å². The van der Waals surface area contributed by atoms with Crippen molar-refractivity contribution in [1.29, 1.82) is 0 Å². The molecule has 0 aromatic heterocycles. The molecule has 0 fully saturated rings. The molecule has 2 nitrogen and oxygen atoms in total. The lowest BCUT2D eigenvalue weighted by Crippen LogP contribution is -2.28. The first-order chi connectivity index (χ1) is 21.3. The van der Waals surface area contributed by atoms with E-state index in [-0.39, 0.29) is 0 Å². The number of rotatable bonds is 18. The van der Waals surface area contributed by atoms with E-state index in [2.05, 4.69) is 111 Å². The third-order valence-corrected chi connectivity index (χ3v) is 9.06. The van der Waals surface area contributed by atoms with Crippen molar-refractivity contribution in [3.8, 4) is 22.6 Å². The highest BCUT2D eigenvalue weighted by atomic mass is 16.5. The topological polar surface area (TPSA) is 18.5 Å². The molecule has 2 heteroatoms. The fraction of sp³-hybridized carbons (Fsp3) is 0.415. The van der Waals surface area contributed by atoms with Gasteiger partial charge in [-0.2, -0.15) is 0 Å². The van der Waals surface area contributed by atoms with Gasteiger partial charge in [-0.1, -0.05) is 151 Å². The van der Waals surface area contributed by atoms with E-state index in [0.29, 0.717) is 0 Å². The zero-order chi connectivity index (χ0) is 29.7. The third kappa shape index (κ3) is 7.18. The van der Waals surface area contributed by atoms with Crippen molar-refractivity contribution in [2.24, 2.45) is 0 Å². The van der Waals surface area contributed by atoms with Crippen LogP contribution in [0, 0.1) is 0 Å². The molecule has 0 heterocycles. The summed E-state index contributed by atoms with van der Waals surface area (Å²) in [6.45, 7) is 6.09. The highest BCUT2D eigenvalue weighted by Gasteiger charge is 2.45. The average Bonchev–Trinajstić information content (AvgIpc) is 3.36. The Bertz CT molecular complexity index is 1280. The number of hydrogen-bond acceptors (Lipinski definition) is 2. The lowest BCUT2D eigenvalue weighted by atomic mass is 9.68. The number of ether oxygens (including phenoxy) is 2. The van der Waals surface area contributed by atoms with Gasteiger partial charge >= 0.3 is 0 Å². The van der Waals surface area contributed by atoms with Gasteiger partial charge in [-0.25, -0.2) is 0 Å². The van der Waals surface area contributed by atoms with E-state index in [1.165, 1.54) is 97.6 Å². The zero-order valence-corrected chi connectivity index (χ0v) is 26.5. The highest BCUT2D eigenvalue weighted by Crippen LogP contribution is 2.56. The summed E-state index contributed by atoms with van der Waals surface area (Å²) in [7, 11) is 0. The molecule has 0 spiro atoms. The van der Waals surface area contributed by atoms with Gasteiger partial charge < -0.3 is 9.47 Å². The molecule has 0 unspecified atom stereocenters. The summed E-state index contributed by atoms with van der Waals surface area (Å²) in [5.74, 6) is 1.90. The predicted octanol–water partition coefficient (Wildman–Crippen LogP) is 11.5. The van der Waals surface area contributed by atoms with Crippen molar-refractivity contribution >= 4 is 0 Å². The highest BCUT2D eigenvalue weighted by molar-refractivity contribution is 5.86. The lowest BCUT2D eigenvalue weighted by molar-refractivity contribution is 0.304. The molecule has 0 atom stereocenters. The first-order valence-corrected chi connectivity index (χ1v) is 16.9. The molecule has 5 rings (SSSR count). The summed E-state index contributed by atoms with van der Waals surface area (Å²) in [4.78, 5) is 0. The fourth-order valence-electron chi connectivity index (χ4n) is 6.77. The van der Waals surface area contributed by atoms with Gasteiger partial charge in [0.15, 0.2) is 0 Å². The minimum absolute atomic E-state index is 0.400. The normalized spacial score (nSPS) is 13.0. The van der Waals surface area contributed by atoms with Crippen molar-refractivity contribution < 1.29 is 9.47 Å². The predicted molar refractivity (Wildman–Crippen MR) is 181 cm³/mol. The zero-order valence-electron chi connectivity index (χ0n) is 26.5. The third-order valence-electron chi connectivity index (χ3n) is 9.06. The molecule has 0 saturated carbocycles. The molecule has 0 bridgehead atoms. The second-order valence-electron chi connectivity index (χ2n) is 12.1. The van der Waals surface area contributed by atoms with E-state index in [9.17, 15) is 0 Å². The second kappa shape index (κ2) is 15.8. The first kappa shape index (κ1) is 30.9. The van der Waals surface area contributed by atoms with E-state index >= 15 is 0 Å². The Morgan fingerprint density at radius 2 is 0.791 bits per heavy atom. The smallest absolute Gasteiger partial charge is 0.119 e. The number of fused-ring (bicyclic) bond motifs is 3. The molecule has 1 aliphatic carbocycles. The minimum Gasteiger partial charge on any atom is -0.494 e. The van der Waals surface area contributed by atoms with Crippen LogP contribution in [0.3, 0.4) is 0 Å².